The molecule has 0 bridgehead atoms. The quantitative estimate of drug-likeness (QED) is 0.583. The van der Waals surface area contributed by atoms with E-state index in [1.807, 2.05) is 85.7 Å². The number of benzene rings is 2. The average Bonchev–Trinajstić information content (AvgIpc) is 3.07. The molecule has 0 aliphatic carbocycles. The number of hydrogen-bond donors (Lipinski definition) is 1. The van der Waals surface area contributed by atoms with Crippen molar-refractivity contribution in [1.82, 2.24) is 4.98 Å². The van der Waals surface area contributed by atoms with Crippen LogP contribution in [-0.2, 0) is 0 Å². The van der Waals surface area contributed by atoms with Gasteiger partial charge in [0.25, 0.3) is 0 Å². The topological polar surface area (TPSA) is 68.5 Å². The van der Waals surface area contributed by atoms with Gasteiger partial charge in [-0.2, -0.15) is 0 Å². The molecule has 0 aliphatic heterocycles. The Hall–Kier alpha value is -3.28. The monoisotopic (exact) mass is 318 g/mol. The first-order valence-corrected chi connectivity index (χ1v) is 7.56. The number of anilines is 1. The maximum absolute atomic E-state index is 4.21. The third-order valence-electron chi connectivity index (χ3n) is 3.32. The van der Waals surface area contributed by atoms with Crippen molar-refractivity contribution in [3.63, 3.8) is 0 Å². The predicted molar refractivity (Wildman–Crippen MR) is 96.4 cm³/mol. The zero-order valence-corrected chi connectivity index (χ0v) is 13.6. The van der Waals surface area contributed by atoms with Gasteiger partial charge in [0.15, 0.2) is 11.6 Å². The van der Waals surface area contributed by atoms with E-state index in [9.17, 15) is 0 Å². The number of nitrogens with one attached hydrogen (secondary N) is 1. The van der Waals surface area contributed by atoms with Crippen LogP contribution in [0.1, 0.15) is 0 Å². The molecule has 120 valence electrons. The molecule has 6 nitrogen and oxygen atoms in total. The molecule has 0 saturated carbocycles. The van der Waals surface area contributed by atoms with E-state index >= 15 is 0 Å². The first kappa shape index (κ1) is 15.6. The summed E-state index contributed by atoms with van der Waals surface area (Å²) in [6, 6.07) is 21.1. The Morgan fingerprint density at radius 1 is 0.625 bits per heavy atom. The minimum atomic E-state index is 0.633. The summed E-state index contributed by atoms with van der Waals surface area (Å²) in [6.07, 6.45) is 0. The van der Waals surface area contributed by atoms with Crippen LogP contribution in [0.15, 0.2) is 87.2 Å². The third-order valence-corrected chi connectivity index (χ3v) is 3.32. The van der Waals surface area contributed by atoms with Crippen LogP contribution in [-0.4, -0.2) is 19.1 Å². The normalized spacial score (nSPS) is 11.4. The molecule has 0 spiro atoms. The van der Waals surface area contributed by atoms with Crippen molar-refractivity contribution in [3.8, 4) is 0 Å². The van der Waals surface area contributed by atoms with E-state index < -0.39 is 0 Å². The van der Waals surface area contributed by atoms with Crippen molar-refractivity contribution in [2.75, 3.05) is 19.0 Å². The van der Waals surface area contributed by atoms with Crippen molar-refractivity contribution in [1.29, 1.82) is 0 Å². The van der Waals surface area contributed by atoms with Crippen LogP contribution >= 0.6 is 0 Å². The largest absolute Gasteiger partial charge is 0.378 e. The second-order valence-corrected chi connectivity index (χ2v) is 5.38. The molecule has 0 saturated heterocycles. The molecule has 3 aromatic rings. The van der Waals surface area contributed by atoms with Gasteiger partial charge in [-0.05, 0) is 48.5 Å². The summed E-state index contributed by atoms with van der Waals surface area (Å²) in [4.78, 5) is 5.09. The number of hydrogen-bond acceptors (Lipinski definition) is 5. The average molecular weight is 318 g/mol. The van der Waals surface area contributed by atoms with Crippen LogP contribution in [0.25, 0.3) is 0 Å². The lowest BCUT2D eigenvalue weighted by molar-refractivity contribution is 1.12. The lowest BCUT2D eigenvalue weighted by atomic mass is 10.3. The zero-order valence-electron chi connectivity index (χ0n) is 13.6. The molecule has 0 fully saturated rings. The van der Waals surface area contributed by atoms with Crippen molar-refractivity contribution in [3.05, 3.63) is 66.7 Å². The van der Waals surface area contributed by atoms with Crippen LogP contribution in [0.2, 0.25) is 0 Å². The van der Waals surface area contributed by atoms with Gasteiger partial charge in [-0.3, -0.25) is 0 Å². The van der Waals surface area contributed by atoms with Gasteiger partial charge in [-0.1, -0.05) is 18.2 Å². The number of aromatic nitrogens is 1. The summed E-state index contributed by atoms with van der Waals surface area (Å²) in [5, 5.41) is 16.7. The fourth-order valence-corrected chi connectivity index (χ4v) is 2.02. The number of nitrogens with zero attached hydrogens (tertiary/aromatic N) is 5. The number of azo groups is 2. The Kier molecular flexibility index (Phi) is 4.76. The number of aromatic amines is 1. The van der Waals surface area contributed by atoms with Crippen molar-refractivity contribution in [2.24, 2.45) is 20.5 Å². The van der Waals surface area contributed by atoms with E-state index in [1.165, 1.54) is 0 Å². The summed E-state index contributed by atoms with van der Waals surface area (Å²) in [5.74, 6) is 1.27. The number of rotatable bonds is 5. The zero-order chi connectivity index (χ0) is 16.8. The first-order valence-electron chi connectivity index (χ1n) is 7.56. The molecule has 0 amide bonds. The molecule has 0 unspecified atom stereocenters. The highest BCUT2D eigenvalue weighted by atomic mass is 15.2. The Bertz CT molecular complexity index is 831. The van der Waals surface area contributed by atoms with Gasteiger partial charge in [0.1, 0.15) is 0 Å². The molecule has 0 aliphatic rings. The van der Waals surface area contributed by atoms with Crippen LogP contribution in [0.4, 0.5) is 28.7 Å². The van der Waals surface area contributed by atoms with Crippen molar-refractivity contribution in [2.45, 2.75) is 0 Å². The van der Waals surface area contributed by atoms with Crippen LogP contribution in [0.5, 0.6) is 0 Å². The molecule has 24 heavy (non-hydrogen) atoms. The van der Waals surface area contributed by atoms with Gasteiger partial charge in [0.05, 0.1) is 11.4 Å². The van der Waals surface area contributed by atoms with Gasteiger partial charge in [0, 0.05) is 19.8 Å². The molecule has 1 heterocycles. The predicted octanol–water partition coefficient (Wildman–Crippen LogP) is 5.91. The van der Waals surface area contributed by atoms with Gasteiger partial charge >= 0.3 is 0 Å². The van der Waals surface area contributed by atoms with Crippen molar-refractivity contribution >= 4 is 28.7 Å². The summed E-state index contributed by atoms with van der Waals surface area (Å²) in [7, 11) is 4.00. The highest BCUT2D eigenvalue weighted by molar-refractivity contribution is 5.52. The highest BCUT2D eigenvalue weighted by Gasteiger charge is 1.98. The van der Waals surface area contributed by atoms with Gasteiger partial charge < -0.3 is 9.88 Å². The Morgan fingerprint density at radius 2 is 1.17 bits per heavy atom. The lowest BCUT2D eigenvalue weighted by Crippen LogP contribution is -2.07. The van der Waals surface area contributed by atoms with Gasteiger partial charge in [-0.25, -0.2) is 0 Å². The maximum Gasteiger partial charge on any atom is 0.154 e. The summed E-state index contributed by atoms with van der Waals surface area (Å²) in [5.41, 5.74) is 2.72. The Labute approximate surface area is 140 Å². The summed E-state index contributed by atoms with van der Waals surface area (Å²) < 4.78 is 0. The molecule has 1 aromatic heterocycles. The molecule has 3 rings (SSSR count). The SMILES string of the molecule is CN(C)c1ccc(N=Nc2ccc(N=Nc3ccccc3)[nH]2)cc1. The third kappa shape index (κ3) is 4.13. The molecule has 0 atom stereocenters. The minimum absolute atomic E-state index is 0.633. The lowest BCUT2D eigenvalue weighted by Gasteiger charge is -2.11. The second kappa shape index (κ2) is 7.32. The highest BCUT2D eigenvalue weighted by Crippen LogP contribution is 2.23. The molecular weight excluding hydrogens is 300 g/mol. The van der Waals surface area contributed by atoms with E-state index in [2.05, 4.69) is 25.4 Å². The van der Waals surface area contributed by atoms with E-state index in [1.54, 1.807) is 0 Å². The first-order chi connectivity index (χ1) is 11.7. The molecule has 2 aromatic carbocycles. The molecule has 6 heteroatoms. The maximum atomic E-state index is 4.21. The molecule has 0 radical (unpaired) electrons. The van der Waals surface area contributed by atoms with Crippen LogP contribution < -0.4 is 4.90 Å². The number of H-pyrrole nitrogens is 1. The van der Waals surface area contributed by atoms with Crippen LogP contribution in [0.3, 0.4) is 0 Å². The molecule has 1 N–H and O–H groups in total. The smallest absolute Gasteiger partial charge is 0.154 e. The van der Waals surface area contributed by atoms with Gasteiger partial charge in [-0.15, -0.1) is 20.5 Å². The second-order valence-electron chi connectivity index (χ2n) is 5.38. The summed E-state index contributed by atoms with van der Waals surface area (Å²) in [6.45, 7) is 0. The fourth-order valence-electron chi connectivity index (χ4n) is 2.02. The van der Waals surface area contributed by atoms with Crippen molar-refractivity contribution < 1.29 is 0 Å². The van der Waals surface area contributed by atoms with Crippen LogP contribution in [0, 0.1) is 0 Å². The Balaban J connectivity index is 1.66. The standard InChI is InChI=1S/C18H18N6/c1-24(2)16-10-8-15(9-11-16)21-23-18-13-12-17(19-18)22-20-14-6-4-3-5-7-14/h3-13,19H,1-2H3. The minimum Gasteiger partial charge on any atom is -0.378 e. The Morgan fingerprint density at radius 3 is 1.71 bits per heavy atom. The molecular formula is C18H18N6. The van der Waals surface area contributed by atoms with E-state index in [-0.39, 0.29) is 0 Å². The van der Waals surface area contributed by atoms with E-state index in [4.69, 9.17) is 0 Å². The van der Waals surface area contributed by atoms with Gasteiger partial charge in [0.2, 0.25) is 0 Å². The van der Waals surface area contributed by atoms with E-state index in [0.29, 0.717) is 11.6 Å². The summed E-state index contributed by atoms with van der Waals surface area (Å²) >= 11 is 0. The van der Waals surface area contributed by atoms with E-state index in [0.717, 1.165) is 17.1 Å². The fraction of sp³-hybridized carbons (Fsp3) is 0.111.